The van der Waals surface area contributed by atoms with Crippen LogP contribution >= 0.6 is 22.6 Å². The summed E-state index contributed by atoms with van der Waals surface area (Å²) in [5, 5.41) is 10.2. The Kier molecular flexibility index (Phi) is 3.41. The molecule has 0 aliphatic carbocycles. The number of aromatic hydroxyl groups is 1. The van der Waals surface area contributed by atoms with Gasteiger partial charge in [-0.1, -0.05) is 12.1 Å². The largest absolute Gasteiger partial charge is 0.507 e. The van der Waals surface area contributed by atoms with Gasteiger partial charge in [0.05, 0.1) is 16.6 Å². The molecule has 3 nitrogen and oxygen atoms in total. The summed E-state index contributed by atoms with van der Waals surface area (Å²) in [5.41, 5.74) is 2.83. The fourth-order valence-electron chi connectivity index (χ4n) is 2.44. The van der Waals surface area contributed by atoms with Crippen LogP contribution in [0.1, 0.15) is 19.9 Å². The maximum absolute atomic E-state index is 10.2. The monoisotopic (exact) mass is 378 g/mol. The van der Waals surface area contributed by atoms with Crippen molar-refractivity contribution in [2.24, 2.45) is 0 Å². The maximum Gasteiger partial charge on any atom is 0.145 e. The van der Waals surface area contributed by atoms with E-state index in [-0.39, 0.29) is 11.8 Å². The molecular weight excluding hydrogens is 363 g/mol. The van der Waals surface area contributed by atoms with Gasteiger partial charge in [-0.15, -0.1) is 0 Å². The molecular formula is C16H15IN2O. The Hall–Kier alpha value is -1.56. The van der Waals surface area contributed by atoms with E-state index in [2.05, 4.69) is 47.1 Å². The minimum absolute atomic E-state index is 0.266. The van der Waals surface area contributed by atoms with Crippen LogP contribution in [-0.4, -0.2) is 14.7 Å². The molecule has 102 valence electrons. The van der Waals surface area contributed by atoms with Crippen LogP contribution in [0, 0.1) is 3.57 Å². The fourth-order valence-corrected chi connectivity index (χ4v) is 2.94. The van der Waals surface area contributed by atoms with Crippen LogP contribution in [0.3, 0.4) is 0 Å². The molecule has 1 N–H and O–H groups in total. The van der Waals surface area contributed by atoms with E-state index in [1.54, 1.807) is 6.07 Å². The first-order chi connectivity index (χ1) is 9.58. The molecule has 20 heavy (non-hydrogen) atoms. The van der Waals surface area contributed by atoms with E-state index in [1.807, 2.05) is 30.3 Å². The van der Waals surface area contributed by atoms with Gasteiger partial charge in [0.25, 0.3) is 0 Å². The second kappa shape index (κ2) is 5.09. The van der Waals surface area contributed by atoms with Crippen LogP contribution in [0.4, 0.5) is 0 Å². The minimum Gasteiger partial charge on any atom is -0.507 e. The summed E-state index contributed by atoms with van der Waals surface area (Å²) in [6, 6.07) is 13.9. The molecule has 0 saturated heterocycles. The lowest BCUT2D eigenvalue weighted by atomic mass is 10.2. The van der Waals surface area contributed by atoms with Crippen LogP contribution in [0.5, 0.6) is 5.75 Å². The Morgan fingerprint density at radius 2 is 1.90 bits per heavy atom. The molecule has 0 spiro atoms. The lowest BCUT2D eigenvalue weighted by molar-refractivity contribution is 0.476. The van der Waals surface area contributed by atoms with Crippen molar-refractivity contribution in [1.29, 1.82) is 0 Å². The third-order valence-corrected chi connectivity index (χ3v) is 3.98. The number of hydrogen-bond acceptors (Lipinski definition) is 2. The van der Waals surface area contributed by atoms with E-state index in [1.165, 1.54) is 0 Å². The molecule has 1 heterocycles. The fraction of sp³-hybridized carbons (Fsp3) is 0.188. The maximum atomic E-state index is 10.2. The average Bonchev–Trinajstić information content (AvgIpc) is 2.80. The van der Waals surface area contributed by atoms with Gasteiger partial charge in [-0.25, -0.2) is 4.98 Å². The molecule has 0 atom stereocenters. The van der Waals surface area contributed by atoms with Crippen molar-refractivity contribution < 1.29 is 5.11 Å². The quantitative estimate of drug-likeness (QED) is 0.663. The third-order valence-electron chi connectivity index (χ3n) is 3.31. The number of para-hydroxylation sites is 2. The van der Waals surface area contributed by atoms with Crippen LogP contribution in [0.15, 0.2) is 42.5 Å². The Morgan fingerprint density at radius 3 is 2.65 bits per heavy atom. The third kappa shape index (κ3) is 2.18. The number of halogens is 1. The van der Waals surface area contributed by atoms with Gasteiger partial charge in [0, 0.05) is 9.61 Å². The molecule has 3 aromatic rings. The summed E-state index contributed by atoms with van der Waals surface area (Å²) < 4.78 is 3.25. The summed E-state index contributed by atoms with van der Waals surface area (Å²) in [7, 11) is 0. The van der Waals surface area contributed by atoms with Crippen molar-refractivity contribution in [3.05, 3.63) is 46.0 Å². The molecule has 1 aromatic heterocycles. The number of aromatic nitrogens is 2. The van der Waals surface area contributed by atoms with Gasteiger partial charge in [0.1, 0.15) is 11.6 Å². The highest BCUT2D eigenvalue weighted by Gasteiger charge is 2.17. The number of nitrogens with zero attached hydrogens (tertiary/aromatic N) is 2. The Balaban J connectivity index is 2.35. The zero-order valence-electron chi connectivity index (χ0n) is 11.3. The highest BCUT2D eigenvalue weighted by Crippen LogP contribution is 2.34. The number of rotatable bonds is 2. The van der Waals surface area contributed by atoms with Gasteiger partial charge in [0.2, 0.25) is 0 Å². The topological polar surface area (TPSA) is 38.0 Å². The Labute approximate surface area is 131 Å². The number of hydrogen-bond donors (Lipinski definition) is 1. The number of benzene rings is 2. The second-order valence-corrected chi connectivity index (χ2v) is 6.29. The van der Waals surface area contributed by atoms with Crippen molar-refractivity contribution in [2.45, 2.75) is 19.9 Å². The van der Waals surface area contributed by atoms with E-state index in [9.17, 15) is 5.11 Å². The summed E-state index contributed by atoms with van der Waals surface area (Å²) in [6.45, 7) is 4.26. The van der Waals surface area contributed by atoms with Crippen molar-refractivity contribution in [2.75, 3.05) is 0 Å². The molecule has 0 fully saturated rings. The van der Waals surface area contributed by atoms with Crippen LogP contribution in [0.2, 0.25) is 0 Å². The van der Waals surface area contributed by atoms with E-state index >= 15 is 0 Å². The predicted molar refractivity (Wildman–Crippen MR) is 89.9 cm³/mol. The average molecular weight is 378 g/mol. The lowest BCUT2D eigenvalue weighted by Gasteiger charge is -2.14. The van der Waals surface area contributed by atoms with Crippen molar-refractivity contribution in [3.63, 3.8) is 0 Å². The smallest absolute Gasteiger partial charge is 0.145 e. The number of phenolic OH excluding ortho intramolecular Hbond substituents is 1. The standard InChI is InChI=1S/C16H15IN2O/c1-10(2)19-14-6-4-3-5-13(14)18-16(19)12-9-11(17)7-8-15(12)20/h3-10,20H,1-2H3. The summed E-state index contributed by atoms with van der Waals surface area (Å²) in [6.07, 6.45) is 0. The summed E-state index contributed by atoms with van der Waals surface area (Å²) in [5.74, 6) is 1.08. The van der Waals surface area contributed by atoms with Gasteiger partial charge in [-0.05, 0) is 66.8 Å². The zero-order chi connectivity index (χ0) is 14.3. The molecule has 4 heteroatoms. The molecule has 0 unspecified atom stereocenters. The molecule has 0 saturated carbocycles. The highest BCUT2D eigenvalue weighted by molar-refractivity contribution is 14.1. The molecule has 0 aliphatic rings. The molecule has 0 radical (unpaired) electrons. The van der Waals surface area contributed by atoms with Gasteiger partial charge >= 0.3 is 0 Å². The minimum atomic E-state index is 0.266. The van der Waals surface area contributed by atoms with Crippen molar-refractivity contribution >= 4 is 33.6 Å². The van der Waals surface area contributed by atoms with Crippen molar-refractivity contribution in [3.8, 4) is 17.1 Å². The number of imidazole rings is 1. The Morgan fingerprint density at radius 1 is 1.15 bits per heavy atom. The van der Waals surface area contributed by atoms with Crippen LogP contribution < -0.4 is 0 Å². The Bertz CT molecular complexity index is 777. The summed E-state index contributed by atoms with van der Waals surface area (Å²) in [4.78, 5) is 4.71. The van der Waals surface area contributed by atoms with E-state index in [0.717, 1.165) is 26.0 Å². The molecule has 0 bridgehead atoms. The summed E-state index contributed by atoms with van der Waals surface area (Å²) >= 11 is 2.25. The van der Waals surface area contributed by atoms with Gasteiger partial charge in [0.15, 0.2) is 0 Å². The molecule has 0 amide bonds. The second-order valence-electron chi connectivity index (χ2n) is 5.05. The van der Waals surface area contributed by atoms with Gasteiger partial charge in [-0.2, -0.15) is 0 Å². The number of phenols is 1. The van der Waals surface area contributed by atoms with Gasteiger partial charge in [-0.3, -0.25) is 0 Å². The number of fused-ring (bicyclic) bond motifs is 1. The van der Waals surface area contributed by atoms with Crippen LogP contribution in [0.25, 0.3) is 22.4 Å². The first-order valence-corrected chi connectivity index (χ1v) is 7.61. The van der Waals surface area contributed by atoms with E-state index in [0.29, 0.717) is 0 Å². The first-order valence-electron chi connectivity index (χ1n) is 6.54. The van der Waals surface area contributed by atoms with E-state index < -0.39 is 0 Å². The highest BCUT2D eigenvalue weighted by atomic mass is 127. The normalized spacial score (nSPS) is 11.4. The van der Waals surface area contributed by atoms with Crippen LogP contribution in [-0.2, 0) is 0 Å². The first kappa shape index (κ1) is 13.4. The predicted octanol–water partition coefficient (Wildman–Crippen LogP) is 4.59. The molecule has 0 aliphatic heterocycles. The lowest BCUT2D eigenvalue weighted by Crippen LogP contribution is -2.03. The van der Waals surface area contributed by atoms with E-state index in [4.69, 9.17) is 4.98 Å². The van der Waals surface area contributed by atoms with Gasteiger partial charge < -0.3 is 9.67 Å². The SMILES string of the molecule is CC(C)n1c(-c2cc(I)ccc2O)nc2ccccc21. The molecule has 3 rings (SSSR count). The van der Waals surface area contributed by atoms with Crippen molar-refractivity contribution in [1.82, 2.24) is 9.55 Å². The molecule has 2 aromatic carbocycles. The zero-order valence-corrected chi connectivity index (χ0v) is 13.5.